The molecule has 2 aromatic heterocycles. The molecule has 1 amide bonds. The Kier molecular flexibility index (Phi) is 2.84. The van der Waals surface area contributed by atoms with Crippen molar-refractivity contribution in [3.8, 4) is 5.88 Å². The molecule has 0 unspecified atom stereocenters. The molecule has 0 aliphatic carbocycles. The van der Waals surface area contributed by atoms with Gasteiger partial charge in [0.05, 0.1) is 16.5 Å². The highest BCUT2D eigenvalue weighted by Crippen LogP contribution is 2.37. The quantitative estimate of drug-likeness (QED) is 0.783. The van der Waals surface area contributed by atoms with Gasteiger partial charge >= 0.3 is 0 Å². The Morgan fingerprint density at radius 3 is 2.70 bits per heavy atom. The van der Waals surface area contributed by atoms with Crippen molar-refractivity contribution in [1.82, 2.24) is 9.55 Å². The van der Waals surface area contributed by atoms with Crippen LogP contribution in [0.4, 0.5) is 0 Å². The lowest BCUT2D eigenvalue weighted by Crippen LogP contribution is -2.22. The fraction of sp³-hybridized carbons (Fsp3) is 0.167. The van der Waals surface area contributed by atoms with Gasteiger partial charge in [-0.2, -0.15) is 0 Å². The van der Waals surface area contributed by atoms with Crippen molar-refractivity contribution in [3.05, 3.63) is 58.7 Å². The van der Waals surface area contributed by atoms with Crippen molar-refractivity contribution in [2.45, 2.75) is 19.9 Å². The Morgan fingerprint density at radius 1 is 1.13 bits per heavy atom. The molecule has 0 radical (unpaired) electrons. The van der Waals surface area contributed by atoms with E-state index in [-0.39, 0.29) is 17.8 Å². The molecule has 3 aromatic rings. The highest BCUT2D eigenvalue weighted by molar-refractivity contribution is 6.24. The van der Waals surface area contributed by atoms with Crippen LogP contribution in [0.5, 0.6) is 5.88 Å². The summed E-state index contributed by atoms with van der Waals surface area (Å²) in [6.07, 6.45) is 1.68. The van der Waals surface area contributed by atoms with Crippen LogP contribution in [0.3, 0.4) is 0 Å². The second-order valence-electron chi connectivity index (χ2n) is 5.85. The van der Waals surface area contributed by atoms with E-state index >= 15 is 0 Å². The minimum absolute atomic E-state index is 0.0189. The van der Waals surface area contributed by atoms with Gasteiger partial charge in [-0.15, -0.1) is 0 Å². The van der Waals surface area contributed by atoms with E-state index in [0.29, 0.717) is 22.1 Å². The predicted octanol–water partition coefficient (Wildman–Crippen LogP) is 1.68. The van der Waals surface area contributed by atoms with Crippen molar-refractivity contribution in [2.75, 3.05) is 0 Å². The molecule has 0 saturated carbocycles. The molecule has 0 spiro atoms. The number of pyridine rings is 1. The second-order valence-corrected chi connectivity index (χ2v) is 5.85. The molecular weight excluding hydrogens is 290 g/mol. The largest absolute Gasteiger partial charge is 0.494 e. The van der Waals surface area contributed by atoms with Crippen molar-refractivity contribution < 1.29 is 9.90 Å². The summed E-state index contributed by atoms with van der Waals surface area (Å²) in [7, 11) is 0. The molecule has 0 saturated heterocycles. The first-order valence-electron chi connectivity index (χ1n) is 7.50. The first-order valence-corrected chi connectivity index (χ1v) is 7.50. The fourth-order valence-corrected chi connectivity index (χ4v) is 3.17. The number of rotatable bonds is 2. The SMILES string of the molecule is CC(C)n1c(O)c(C2=c3ccccc3=NC2=O)c2cccnc21. The van der Waals surface area contributed by atoms with Crippen LogP contribution in [0, 0.1) is 0 Å². The molecule has 114 valence electrons. The van der Waals surface area contributed by atoms with Crippen molar-refractivity contribution in [2.24, 2.45) is 4.99 Å². The van der Waals surface area contributed by atoms with Gasteiger partial charge in [-0.25, -0.2) is 9.98 Å². The molecule has 4 rings (SSSR count). The number of fused-ring (bicyclic) bond motifs is 2. The van der Waals surface area contributed by atoms with Crippen LogP contribution in [-0.2, 0) is 4.79 Å². The van der Waals surface area contributed by atoms with Gasteiger partial charge in [0, 0.05) is 22.8 Å². The molecule has 0 atom stereocenters. The molecule has 5 nitrogen and oxygen atoms in total. The molecule has 1 aromatic carbocycles. The zero-order chi connectivity index (χ0) is 16.1. The van der Waals surface area contributed by atoms with Crippen LogP contribution < -0.4 is 10.6 Å². The lowest BCUT2D eigenvalue weighted by atomic mass is 10.0. The topological polar surface area (TPSA) is 67.5 Å². The van der Waals surface area contributed by atoms with Crippen LogP contribution >= 0.6 is 0 Å². The number of aromatic hydroxyl groups is 1. The van der Waals surface area contributed by atoms with E-state index in [1.54, 1.807) is 22.9 Å². The Hall–Kier alpha value is -2.95. The van der Waals surface area contributed by atoms with Crippen LogP contribution in [0.1, 0.15) is 25.5 Å². The van der Waals surface area contributed by atoms with E-state index in [4.69, 9.17) is 0 Å². The third kappa shape index (κ3) is 1.83. The molecular formula is C18H15N3O2. The fourth-order valence-electron chi connectivity index (χ4n) is 3.17. The number of hydrogen-bond donors (Lipinski definition) is 1. The van der Waals surface area contributed by atoms with Crippen LogP contribution in [0.2, 0.25) is 0 Å². The van der Waals surface area contributed by atoms with Crippen LogP contribution in [0.15, 0.2) is 47.6 Å². The van der Waals surface area contributed by atoms with E-state index in [2.05, 4.69) is 9.98 Å². The summed E-state index contributed by atoms with van der Waals surface area (Å²) in [4.78, 5) is 20.9. The summed E-state index contributed by atoms with van der Waals surface area (Å²) in [5, 5.41) is 12.9. The normalized spacial score (nSPS) is 13.7. The summed E-state index contributed by atoms with van der Waals surface area (Å²) in [6, 6.07) is 11.1. The second kappa shape index (κ2) is 4.78. The summed E-state index contributed by atoms with van der Waals surface area (Å²) >= 11 is 0. The summed E-state index contributed by atoms with van der Waals surface area (Å²) in [5.41, 5.74) is 1.62. The van der Waals surface area contributed by atoms with E-state index in [0.717, 1.165) is 10.6 Å². The maximum absolute atomic E-state index is 12.5. The zero-order valence-electron chi connectivity index (χ0n) is 12.8. The lowest BCUT2D eigenvalue weighted by Gasteiger charge is -2.10. The maximum Gasteiger partial charge on any atom is 0.279 e. The van der Waals surface area contributed by atoms with E-state index < -0.39 is 0 Å². The van der Waals surface area contributed by atoms with Gasteiger partial charge in [0.2, 0.25) is 5.88 Å². The Morgan fingerprint density at radius 2 is 1.91 bits per heavy atom. The number of para-hydroxylation sites is 1. The van der Waals surface area contributed by atoms with Crippen molar-refractivity contribution in [1.29, 1.82) is 0 Å². The van der Waals surface area contributed by atoms with Gasteiger partial charge in [-0.05, 0) is 32.0 Å². The molecule has 1 aliphatic heterocycles. The number of hydrogen-bond acceptors (Lipinski definition) is 3. The van der Waals surface area contributed by atoms with Gasteiger partial charge in [-0.1, -0.05) is 18.2 Å². The average Bonchev–Trinajstić information content (AvgIpc) is 3.00. The lowest BCUT2D eigenvalue weighted by molar-refractivity contribution is -0.112. The Balaban J connectivity index is 2.20. The molecule has 5 heteroatoms. The highest BCUT2D eigenvalue weighted by Gasteiger charge is 2.28. The van der Waals surface area contributed by atoms with Crippen molar-refractivity contribution in [3.63, 3.8) is 0 Å². The third-order valence-electron chi connectivity index (χ3n) is 4.11. The molecule has 23 heavy (non-hydrogen) atoms. The first kappa shape index (κ1) is 13.7. The van der Waals surface area contributed by atoms with Crippen LogP contribution in [0.25, 0.3) is 16.6 Å². The Labute approximate surface area is 132 Å². The molecule has 0 bridgehead atoms. The number of benzene rings is 1. The van der Waals surface area contributed by atoms with E-state index in [9.17, 15) is 9.90 Å². The minimum Gasteiger partial charge on any atom is -0.494 e. The van der Waals surface area contributed by atoms with E-state index in [1.807, 2.05) is 38.1 Å². The third-order valence-corrected chi connectivity index (χ3v) is 4.11. The summed E-state index contributed by atoms with van der Waals surface area (Å²) in [6.45, 7) is 3.94. The number of nitrogens with zero attached hydrogens (tertiary/aromatic N) is 3. The number of amides is 1. The molecule has 0 fully saturated rings. The zero-order valence-corrected chi connectivity index (χ0v) is 12.8. The maximum atomic E-state index is 12.5. The van der Waals surface area contributed by atoms with Gasteiger partial charge < -0.3 is 5.11 Å². The van der Waals surface area contributed by atoms with Gasteiger partial charge in [0.1, 0.15) is 5.65 Å². The standard InChI is InChI=1S/C18H15N3O2/c1-10(2)21-16-12(7-5-9-19-16)15(18(21)23)14-11-6-3-4-8-13(11)20-17(14)22/h3-10,23H,1-2H3. The Bertz CT molecular complexity index is 1080. The molecule has 1 N–H and O–H groups in total. The predicted molar refractivity (Wildman–Crippen MR) is 86.5 cm³/mol. The smallest absolute Gasteiger partial charge is 0.279 e. The number of carbonyl (C=O) groups is 1. The molecule has 3 heterocycles. The van der Waals surface area contributed by atoms with Gasteiger partial charge in [0.15, 0.2) is 0 Å². The number of aromatic nitrogens is 2. The van der Waals surface area contributed by atoms with E-state index in [1.165, 1.54) is 0 Å². The summed E-state index contributed by atoms with van der Waals surface area (Å²) < 4.78 is 1.74. The molecule has 1 aliphatic rings. The number of carbonyl (C=O) groups excluding carboxylic acids is 1. The monoisotopic (exact) mass is 305 g/mol. The van der Waals surface area contributed by atoms with Gasteiger partial charge in [0.25, 0.3) is 5.91 Å². The van der Waals surface area contributed by atoms with Crippen molar-refractivity contribution >= 4 is 22.5 Å². The van der Waals surface area contributed by atoms with Gasteiger partial charge in [-0.3, -0.25) is 9.36 Å². The highest BCUT2D eigenvalue weighted by atomic mass is 16.3. The first-order chi connectivity index (χ1) is 11.1. The minimum atomic E-state index is -0.326. The van der Waals surface area contributed by atoms with Crippen LogP contribution in [-0.4, -0.2) is 20.6 Å². The average molecular weight is 305 g/mol. The summed E-state index contributed by atoms with van der Waals surface area (Å²) in [5.74, 6) is -0.267.